The number of nitrogens with zero attached hydrogens (tertiary/aromatic N) is 2. The van der Waals surface area contributed by atoms with Crippen LogP contribution in [-0.4, -0.2) is 60.8 Å². The van der Waals surface area contributed by atoms with Gasteiger partial charge in [0.25, 0.3) is 15.9 Å². The van der Waals surface area contributed by atoms with Gasteiger partial charge in [-0.05, 0) is 19.1 Å². The van der Waals surface area contributed by atoms with Crippen LogP contribution < -0.4 is 0 Å². The van der Waals surface area contributed by atoms with Crippen molar-refractivity contribution in [3.05, 3.63) is 40.7 Å². The molecular weight excluding hydrogens is 368 g/mol. The largest absolute Gasteiger partial charge is 0.478 e. The predicted molar refractivity (Wildman–Crippen MR) is 89.4 cm³/mol. The number of piperazine rings is 1. The van der Waals surface area contributed by atoms with Crippen molar-refractivity contribution >= 4 is 33.2 Å². The van der Waals surface area contributed by atoms with Crippen molar-refractivity contribution in [1.29, 1.82) is 0 Å². The average Bonchev–Trinajstić information content (AvgIpc) is 3.24. The number of carbonyl (C=O) groups is 2. The topological polar surface area (TPSA) is 108 Å². The summed E-state index contributed by atoms with van der Waals surface area (Å²) < 4.78 is 31.6. The minimum atomic E-state index is -3.75. The zero-order valence-corrected chi connectivity index (χ0v) is 15.0. The van der Waals surface area contributed by atoms with E-state index in [-0.39, 0.29) is 41.9 Å². The lowest BCUT2D eigenvalue weighted by Gasteiger charge is -2.33. The molecule has 0 saturated carbocycles. The van der Waals surface area contributed by atoms with Gasteiger partial charge in [0.1, 0.15) is 16.2 Å². The van der Waals surface area contributed by atoms with E-state index in [4.69, 9.17) is 9.52 Å². The van der Waals surface area contributed by atoms with Gasteiger partial charge in [0, 0.05) is 31.6 Å². The smallest absolute Gasteiger partial charge is 0.336 e. The molecule has 0 radical (unpaired) electrons. The van der Waals surface area contributed by atoms with E-state index in [1.807, 2.05) is 0 Å². The standard InChI is InChI=1S/C15H16N2O6S2/c1-10-6-11(8-23-10)14(18)16-2-4-17(5-3-16)25(21,22)13-7-12(9-24-13)15(19)20/h6-9H,2-5H2,1H3,(H,19,20). The lowest BCUT2D eigenvalue weighted by Crippen LogP contribution is -2.50. The number of hydrogen-bond acceptors (Lipinski definition) is 6. The first-order valence-corrected chi connectivity index (χ1v) is 9.77. The fourth-order valence-electron chi connectivity index (χ4n) is 2.56. The van der Waals surface area contributed by atoms with Crippen LogP contribution in [0.5, 0.6) is 0 Å². The van der Waals surface area contributed by atoms with Crippen LogP contribution in [0.1, 0.15) is 26.5 Å². The van der Waals surface area contributed by atoms with E-state index in [2.05, 4.69) is 0 Å². The highest BCUT2D eigenvalue weighted by atomic mass is 32.2. The third-order valence-electron chi connectivity index (χ3n) is 3.92. The van der Waals surface area contributed by atoms with E-state index >= 15 is 0 Å². The van der Waals surface area contributed by atoms with Gasteiger partial charge in [0.15, 0.2) is 0 Å². The van der Waals surface area contributed by atoms with E-state index in [0.29, 0.717) is 11.3 Å². The molecule has 25 heavy (non-hydrogen) atoms. The maximum Gasteiger partial charge on any atom is 0.336 e. The molecule has 1 amide bonds. The molecule has 0 unspecified atom stereocenters. The Morgan fingerprint density at radius 1 is 1.16 bits per heavy atom. The van der Waals surface area contributed by atoms with Gasteiger partial charge in [0.05, 0.1) is 11.1 Å². The van der Waals surface area contributed by atoms with Gasteiger partial charge in [-0.3, -0.25) is 4.79 Å². The molecule has 10 heteroatoms. The molecule has 2 aromatic rings. The number of carboxylic acid groups (broad SMARTS) is 1. The second-order valence-corrected chi connectivity index (χ2v) is 8.68. The van der Waals surface area contributed by atoms with Gasteiger partial charge in [-0.15, -0.1) is 11.3 Å². The van der Waals surface area contributed by atoms with Gasteiger partial charge in [-0.2, -0.15) is 4.31 Å². The van der Waals surface area contributed by atoms with Crippen LogP contribution in [0, 0.1) is 6.92 Å². The molecule has 3 heterocycles. The van der Waals surface area contributed by atoms with Crippen LogP contribution >= 0.6 is 11.3 Å². The maximum atomic E-state index is 12.6. The monoisotopic (exact) mass is 384 g/mol. The highest BCUT2D eigenvalue weighted by Crippen LogP contribution is 2.25. The van der Waals surface area contributed by atoms with Gasteiger partial charge >= 0.3 is 5.97 Å². The first-order chi connectivity index (χ1) is 11.8. The van der Waals surface area contributed by atoms with Crippen molar-refractivity contribution in [1.82, 2.24) is 9.21 Å². The van der Waals surface area contributed by atoms with Crippen LogP contribution in [0.4, 0.5) is 0 Å². The Balaban J connectivity index is 1.68. The summed E-state index contributed by atoms with van der Waals surface area (Å²) in [5, 5.41) is 10.2. The third kappa shape index (κ3) is 3.46. The maximum absolute atomic E-state index is 12.6. The lowest BCUT2D eigenvalue weighted by molar-refractivity contribution is 0.0688. The summed E-state index contributed by atoms with van der Waals surface area (Å²) in [7, 11) is -3.75. The molecule has 1 aliphatic rings. The highest BCUT2D eigenvalue weighted by Gasteiger charge is 2.32. The summed E-state index contributed by atoms with van der Waals surface area (Å²) >= 11 is 0.882. The number of thiophene rings is 1. The Bertz CT molecular complexity index is 906. The molecule has 0 spiro atoms. The number of carbonyl (C=O) groups excluding carboxylic acids is 1. The molecule has 0 atom stereocenters. The average molecular weight is 384 g/mol. The molecule has 1 saturated heterocycles. The van der Waals surface area contributed by atoms with Crippen LogP contribution in [-0.2, 0) is 10.0 Å². The Labute approximate surface area is 148 Å². The highest BCUT2D eigenvalue weighted by molar-refractivity contribution is 7.91. The summed E-state index contributed by atoms with van der Waals surface area (Å²) in [6.45, 7) is 2.59. The molecule has 0 aliphatic carbocycles. The molecule has 0 aromatic carbocycles. The molecule has 1 aliphatic heterocycles. The number of hydrogen-bond donors (Lipinski definition) is 1. The molecule has 1 fully saturated rings. The number of aryl methyl sites for hydroxylation is 1. The molecule has 0 bridgehead atoms. The van der Waals surface area contributed by atoms with Gasteiger partial charge in [-0.25, -0.2) is 13.2 Å². The predicted octanol–water partition coefficient (Wildman–Crippen LogP) is 1.49. The summed E-state index contributed by atoms with van der Waals surface area (Å²) in [6, 6.07) is 2.80. The van der Waals surface area contributed by atoms with Crippen LogP contribution in [0.3, 0.4) is 0 Å². The fraction of sp³-hybridized carbons (Fsp3) is 0.333. The summed E-state index contributed by atoms with van der Waals surface area (Å²) in [4.78, 5) is 24.8. The quantitative estimate of drug-likeness (QED) is 0.856. The Morgan fingerprint density at radius 3 is 2.36 bits per heavy atom. The summed E-state index contributed by atoms with van der Waals surface area (Å²) in [5.74, 6) is -0.724. The number of aromatic carboxylic acids is 1. The van der Waals surface area contributed by atoms with Crippen molar-refractivity contribution in [2.75, 3.05) is 26.2 Å². The minimum absolute atomic E-state index is 0.00450. The number of rotatable bonds is 4. The fourth-order valence-corrected chi connectivity index (χ4v) is 5.29. The van der Waals surface area contributed by atoms with Crippen molar-refractivity contribution in [2.24, 2.45) is 0 Å². The minimum Gasteiger partial charge on any atom is -0.478 e. The van der Waals surface area contributed by atoms with E-state index in [9.17, 15) is 18.0 Å². The van der Waals surface area contributed by atoms with Crippen molar-refractivity contribution in [3.8, 4) is 0 Å². The van der Waals surface area contributed by atoms with E-state index < -0.39 is 16.0 Å². The zero-order chi connectivity index (χ0) is 18.2. The van der Waals surface area contributed by atoms with E-state index in [0.717, 1.165) is 17.4 Å². The SMILES string of the molecule is Cc1cc(C(=O)N2CCN(S(=O)(=O)c3cc(C(=O)O)cs3)CC2)co1. The first-order valence-electron chi connectivity index (χ1n) is 7.45. The molecule has 2 aromatic heterocycles. The van der Waals surface area contributed by atoms with E-state index in [1.165, 1.54) is 15.9 Å². The number of carboxylic acids is 1. The van der Waals surface area contributed by atoms with Crippen molar-refractivity contribution < 1.29 is 27.5 Å². The molecule has 134 valence electrons. The summed E-state index contributed by atoms with van der Waals surface area (Å²) in [6.07, 6.45) is 1.39. The van der Waals surface area contributed by atoms with Crippen LogP contribution in [0.15, 0.2) is 32.4 Å². The van der Waals surface area contributed by atoms with Crippen molar-refractivity contribution in [3.63, 3.8) is 0 Å². The number of sulfonamides is 1. The van der Waals surface area contributed by atoms with Crippen LogP contribution in [0.25, 0.3) is 0 Å². The number of amides is 1. The normalized spacial score (nSPS) is 16.1. The van der Waals surface area contributed by atoms with Gasteiger partial charge < -0.3 is 14.4 Å². The number of furan rings is 1. The lowest BCUT2D eigenvalue weighted by atomic mass is 10.2. The third-order valence-corrected chi connectivity index (χ3v) is 7.23. The Kier molecular flexibility index (Phi) is 4.67. The molecule has 8 nitrogen and oxygen atoms in total. The van der Waals surface area contributed by atoms with Gasteiger partial charge in [0.2, 0.25) is 0 Å². The molecular formula is C15H16N2O6S2. The first kappa shape index (κ1) is 17.6. The molecule has 1 N–H and O–H groups in total. The Hall–Kier alpha value is -2.17. The second kappa shape index (κ2) is 6.62. The zero-order valence-electron chi connectivity index (χ0n) is 13.3. The molecule has 3 rings (SSSR count). The van der Waals surface area contributed by atoms with Crippen LogP contribution in [0.2, 0.25) is 0 Å². The van der Waals surface area contributed by atoms with Gasteiger partial charge in [-0.1, -0.05) is 0 Å². The van der Waals surface area contributed by atoms with Crippen molar-refractivity contribution in [2.45, 2.75) is 11.1 Å². The second-order valence-electron chi connectivity index (χ2n) is 5.60. The Morgan fingerprint density at radius 2 is 1.84 bits per heavy atom. The summed E-state index contributed by atoms with van der Waals surface area (Å²) in [5.41, 5.74) is 0.394. The van der Waals surface area contributed by atoms with E-state index in [1.54, 1.807) is 17.9 Å².